The van der Waals surface area contributed by atoms with E-state index >= 15 is 0 Å². The number of nitrogens with zero attached hydrogens (tertiary/aromatic N) is 1. The van der Waals surface area contributed by atoms with E-state index in [9.17, 15) is 9.59 Å². The molecule has 0 spiro atoms. The third kappa shape index (κ3) is 2.27. The van der Waals surface area contributed by atoms with Gasteiger partial charge in [-0.1, -0.05) is 29.8 Å². The normalized spacial score (nSPS) is 29.7. The first-order valence-corrected chi connectivity index (χ1v) is 9.18. The highest BCUT2D eigenvalue weighted by Crippen LogP contribution is 2.45. The molecule has 3 aliphatic heterocycles. The van der Waals surface area contributed by atoms with Gasteiger partial charge < -0.3 is 14.5 Å². The SMILES string of the molecule is CC=C1CN2CCc3c([nH]c4ccccc34)[C@@](C=O)(C(=O)OC)[C@H]1CC2. The van der Waals surface area contributed by atoms with Gasteiger partial charge >= 0.3 is 5.97 Å². The lowest BCUT2D eigenvalue weighted by Gasteiger charge is -2.40. The first kappa shape index (κ1) is 17.0. The molecule has 0 amide bonds. The minimum atomic E-state index is -1.32. The Bertz CT molecular complexity index is 898. The molecule has 1 aromatic heterocycles. The number of aromatic amines is 1. The number of aromatic nitrogens is 1. The lowest BCUT2D eigenvalue weighted by atomic mass is 9.67. The number of aldehydes is 1. The van der Waals surface area contributed by atoms with Gasteiger partial charge in [-0.15, -0.1) is 0 Å². The molecule has 136 valence electrons. The van der Waals surface area contributed by atoms with Gasteiger partial charge in [-0.2, -0.15) is 0 Å². The van der Waals surface area contributed by atoms with Gasteiger partial charge in [-0.3, -0.25) is 9.69 Å². The monoisotopic (exact) mass is 352 g/mol. The Balaban J connectivity index is 2.06. The zero-order valence-corrected chi connectivity index (χ0v) is 15.2. The molecular formula is C21H24N2O3. The van der Waals surface area contributed by atoms with Gasteiger partial charge in [0, 0.05) is 35.6 Å². The maximum atomic E-state index is 13.1. The number of fused-ring (bicyclic) bond motifs is 4. The molecule has 5 rings (SSSR count). The summed E-state index contributed by atoms with van der Waals surface area (Å²) < 4.78 is 5.19. The summed E-state index contributed by atoms with van der Waals surface area (Å²) in [5.41, 5.74) is 2.56. The van der Waals surface area contributed by atoms with Crippen LogP contribution in [0.5, 0.6) is 0 Å². The largest absolute Gasteiger partial charge is 0.468 e. The van der Waals surface area contributed by atoms with E-state index in [1.54, 1.807) is 0 Å². The molecular weight excluding hydrogens is 328 g/mol. The van der Waals surface area contributed by atoms with E-state index in [-0.39, 0.29) is 5.92 Å². The van der Waals surface area contributed by atoms with E-state index in [2.05, 4.69) is 22.0 Å². The summed E-state index contributed by atoms with van der Waals surface area (Å²) in [4.78, 5) is 31.5. The van der Waals surface area contributed by atoms with Crippen LogP contribution >= 0.6 is 0 Å². The summed E-state index contributed by atoms with van der Waals surface area (Å²) in [5.74, 6) is -0.654. The van der Waals surface area contributed by atoms with Crippen LogP contribution < -0.4 is 0 Å². The number of ether oxygens (including phenoxy) is 1. The highest BCUT2D eigenvalue weighted by atomic mass is 16.5. The first-order valence-electron chi connectivity index (χ1n) is 9.18. The second kappa shape index (κ2) is 6.40. The van der Waals surface area contributed by atoms with Crippen LogP contribution in [0.1, 0.15) is 24.6 Å². The van der Waals surface area contributed by atoms with Crippen LogP contribution in [0.15, 0.2) is 35.9 Å². The van der Waals surface area contributed by atoms with E-state index < -0.39 is 11.4 Å². The number of piperidine rings is 1. The Kier molecular flexibility index (Phi) is 4.19. The molecule has 2 bridgehead atoms. The molecule has 1 fully saturated rings. The number of methoxy groups -OCH3 is 1. The van der Waals surface area contributed by atoms with Crippen LogP contribution in [0.3, 0.4) is 0 Å². The molecule has 0 saturated carbocycles. The maximum absolute atomic E-state index is 13.1. The van der Waals surface area contributed by atoms with Gasteiger partial charge in [0.1, 0.15) is 6.29 Å². The number of carbonyl (C=O) groups is 2. The fraction of sp³-hybridized carbons (Fsp3) is 0.429. The third-order valence-electron chi connectivity index (χ3n) is 6.12. The van der Waals surface area contributed by atoms with Crippen LogP contribution in [0, 0.1) is 5.92 Å². The molecule has 5 nitrogen and oxygen atoms in total. The fourth-order valence-corrected chi connectivity index (χ4v) is 4.81. The maximum Gasteiger partial charge on any atom is 0.325 e. The molecule has 1 N–H and O–H groups in total. The number of carbonyl (C=O) groups excluding carboxylic acids is 2. The van der Waals surface area contributed by atoms with Crippen molar-refractivity contribution in [1.82, 2.24) is 9.88 Å². The van der Waals surface area contributed by atoms with Crippen molar-refractivity contribution in [2.24, 2.45) is 5.92 Å². The predicted molar refractivity (Wildman–Crippen MR) is 100 cm³/mol. The van der Waals surface area contributed by atoms with E-state index in [0.29, 0.717) is 5.69 Å². The van der Waals surface area contributed by atoms with Crippen molar-refractivity contribution >= 4 is 23.2 Å². The Morgan fingerprint density at radius 2 is 2.15 bits per heavy atom. The van der Waals surface area contributed by atoms with Crippen LogP contribution in [0.2, 0.25) is 0 Å². The van der Waals surface area contributed by atoms with Crippen molar-refractivity contribution in [1.29, 1.82) is 0 Å². The highest BCUT2D eigenvalue weighted by Gasteiger charge is 2.53. The second-order valence-electron chi connectivity index (χ2n) is 7.23. The average molecular weight is 352 g/mol. The van der Waals surface area contributed by atoms with Gasteiger partial charge in [0.25, 0.3) is 0 Å². The van der Waals surface area contributed by atoms with Gasteiger partial charge in [0.2, 0.25) is 0 Å². The van der Waals surface area contributed by atoms with Crippen LogP contribution in [-0.2, 0) is 26.2 Å². The van der Waals surface area contributed by atoms with E-state index in [1.165, 1.54) is 7.11 Å². The molecule has 2 aromatic rings. The summed E-state index contributed by atoms with van der Waals surface area (Å²) in [6, 6.07) is 8.02. The molecule has 1 saturated heterocycles. The number of hydrogen-bond acceptors (Lipinski definition) is 4. The zero-order valence-electron chi connectivity index (χ0n) is 15.2. The van der Waals surface area contributed by atoms with Gasteiger partial charge in [-0.25, -0.2) is 0 Å². The van der Waals surface area contributed by atoms with Crippen molar-refractivity contribution in [2.45, 2.75) is 25.2 Å². The predicted octanol–water partition coefficient (Wildman–Crippen LogP) is 2.60. The lowest BCUT2D eigenvalue weighted by molar-refractivity contribution is -0.152. The molecule has 1 aromatic carbocycles. The molecule has 1 unspecified atom stereocenters. The van der Waals surface area contributed by atoms with Crippen molar-refractivity contribution in [3.05, 3.63) is 47.2 Å². The second-order valence-corrected chi connectivity index (χ2v) is 7.23. The van der Waals surface area contributed by atoms with Crippen molar-refractivity contribution in [3.8, 4) is 0 Å². The highest BCUT2D eigenvalue weighted by molar-refractivity contribution is 6.03. The standard InChI is InChI=1S/C21H24N2O3/c1-3-14-12-23-10-8-16-15-6-4-5-7-18(15)22-19(16)21(13-24,20(25)26-2)17(14)9-11-23/h3-7,13,17,22H,8-12H2,1-2H3/t17-,21-/m0/s1. The molecule has 26 heavy (non-hydrogen) atoms. The van der Waals surface area contributed by atoms with E-state index in [0.717, 1.165) is 60.8 Å². The van der Waals surface area contributed by atoms with E-state index in [1.807, 2.05) is 25.1 Å². The number of hydrogen-bond donors (Lipinski definition) is 1. The summed E-state index contributed by atoms with van der Waals surface area (Å²) in [5, 5.41) is 1.09. The number of esters is 1. The van der Waals surface area contributed by atoms with Crippen LogP contribution in [-0.4, -0.2) is 48.9 Å². The molecule has 0 radical (unpaired) electrons. The molecule has 5 heteroatoms. The Labute approximate surface area is 153 Å². The topological polar surface area (TPSA) is 62.4 Å². The summed E-state index contributed by atoms with van der Waals surface area (Å²) in [6.07, 6.45) is 4.45. The molecule has 3 atom stereocenters. The quantitative estimate of drug-likeness (QED) is 0.391. The smallest absolute Gasteiger partial charge is 0.325 e. The number of H-pyrrole nitrogens is 1. The average Bonchev–Trinajstić information content (AvgIpc) is 3.09. The fourth-order valence-electron chi connectivity index (χ4n) is 4.81. The summed E-state index contributed by atoms with van der Waals surface area (Å²) in [7, 11) is 1.37. The number of rotatable bonds is 2. The third-order valence-corrected chi connectivity index (χ3v) is 6.12. The van der Waals surface area contributed by atoms with Crippen molar-refractivity contribution in [2.75, 3.05) is 26.7 Å². The molecule has 3 aliphatic rings. The van der Waals surface area contributed by atoms with Crippen molar-refractivity contribution in [3.63, 3.8) is 0 Å². The minimum absolute atomic E-state index is 0.182. The van der Waals surface area contributed by atoms with Gasteiger partial charge in [0.05, 0.1) is 7.11 Å². The lowest BCUT2D eigenvalue weighted by Crippen LogP contribution is -2.50. The number of para-hydroxylation sites is 1. The minimum Gasteiger partial charge on any atom is -0.468 e. The van der Waals surface area contributed by atoms with Crippen LogP contribution in [0.4, 0.5) is 0 Å². The molecule has 0 aliphatic carbocycles. The zero-order chi connectivity index (χ0) is 18.3. The Morgan fingerprint density at radius 3 is 2.88 bits per heavy atom. The summed E-state index contributed by atoms with van der Waals surface area (Å²) in [6.45, 7) is 4.59. The first-order chi connectivity index (χ1) is 12.7. The van der Waals surface area contributed by atoms with Crippen LogP contribution in [0.25, 0.3) is 10.9 Å². The van der Waals surface area contributed by atoms with Gasteiger partial charge in [-0.05, 0) is 37.9 Å². The van der Waals surface area contributed by atoms with Crippen molar-refractivity contribution < 1.29 is 14.3 Å². The number of benzene rings is 1. The van der Waals surface area contributed by atoms with E-state index in [4.69, 9.17) is 4.74 Å². The summed E-state index contributed by atoms with van der Waals surface area (Å²) >= 11 is 0. The Morgan fingerprint density at radius 1 is 1.35 bits per heavy atom. The number of nitrogens with one attached hydrogen (secondary N) is 1. The van der Waals surface area contributed by atoms with Gasteiger partial charge in [0.15, 0.2) is 5.41 Å². The number of allylic oxidation sites excluding steroid dienone is 1. The molecule has 4 heterocycles. The Hall–Kier alpha value is -2.40.